The second kappa shape index (κ2) is 4.17. The van der Waals surface area contributed by atoms with E-state index in [0.29, 0.717) is 23.5 Å². The fourth-order valence-electron chi connectivity index (χ4n) is 1.41. The molecule has 0 unspecified atom stereocenters. The van der Waals surface area contributed by atoms with Crippen LogP contribution >= 0.6 is 0 Å². The van der Waals surface area contributed by atoms with Crippen LogP contribution in [0.4, 0.5) is 0 Å². The van der Waals surface area contributed by atoms with Crippen LogP contribution in [0.3, 0.4) is 0 Å². The van der Waals surface area contributed by atoms with Gasteiger partial charge in [0.05, 0.1) is 18.5 Å². The van der Waals surface area contributed by atoms with Crippen molar-refractivity contribution in [1.82, 2.24) is 9.97 Å². The summed E-state index contributed by atoms with van der Waals surface area (Å²) in [5.74, 6) is 0.325. The number of carbonyl (C=O) groups excluding carboxylic acids is 1. The predicted molar refractivity (Wildman–Crippen MR) is 52.2 cm³/mol. The summed E-state index contributed by atoms with van der Waals surface area (Å²) in [4.78, 5) is 19.8. The Labute approximate surface area is 83.3 Å². The molecule has 76 valence electrons. The molecule has 1 heterocycles. The number of aryl methyl sites for hydroxylation is 3. The third-order valence-electron chi connectivity index (χ3n) is 2.00. The van der Waals surface area contributed by atoms with Gasteiger partial charge in [-0.25, -0.2) is 14.8 Å². The van der Waals surface area contributed by atoms with Crippen LogP contribution in [0, 0.1) is 13.8 Å². The van der Waals surface area contributed by atoms with Crippen molar-refractivity contribution < 1.29 is 9.53 Å². The molecule has 1 aromatic heterocycles. The van der Waals surface area contributed by atoms with Crippen LogP contribution in [0.5, 0.6) is 0 Å². The van der Waals surface area contributed by atoms with E-state index in [4.69, 9.17) is 0 Å². The zero-order valence-electron chi connectivity index (χ0n) is 8.92. The highest BCUT2D eigenvalue weighted by Crippen LogP contribution is 2.12. The molecule has 0 aliphatic heterocycles. The van der Waals surface area contributed by atoms with Crippen LogP contribution < -0.4 is 0 Å². The van der Waals surface area contributed by atoms with Crippen molar-refractivity contribution in [2.75, 3.05) is 7.11 Å². The topological polar surface area (TPSA) is 52.1 Å². The number of methoxy groups -OCH3 is 1. The van der Waals surface area contributed by atoms with Crippen LogP contribution in [-0.2, 0) is 11.2 Å². The van der Waals surface area contributed by atoms with E-state index >= 15 is 0 Å². The molecule has 0 amide bonds. The largest absolute Gasteiger partial charge is 0.465 e. The molecule has 0 N–H and O–H groups in total. The highest BCUT2D eigenvalue weighted by Gasteiger charge is 2.16. The molecule has 4 heteroatoms. The Morgan fingerprint density at radius 3 is 2.50 bits per heavy atom. The first-order valence-electron chi connectivity index (χ1n) is 4.52. The van der Waals surface area contributed by atoms with Crippen LogP contribution in [0.2, 0.25) is 0 Å². The average molecular weight is 194 g/mol. The molecule has 0 bridgehead atoms. The minimum atomic E-state index is -0.362. The third-order valence-corrected chi connectivity index (χ3v) is 2.00. The number of hydrogen-bond acceptors (Lipinski definition) is 4. The van der Waals surface area contributed by atoms with E-state index in [1.54, 1.807) is 6.92 Å². The molecule has 0 fully saturated rings. The summed E-state index contributed by atoms with van der Waals surface area (Å²) in [6.07, 6.45) is 0.703. The van der Waals surface area contributed by atoms with Gasteiger partial charge in [0.15, 0.2) is 0 Å². The van der Waals surface area contributed by atoms with Gasteiger partial charge in [-0.05, 0) is 20.3 Å². The van der Waals surface area contributed by atoms with Crippen molar-refractivity contribution in [3.63, 3.8) is 0 Å². The quantitative estimate of drug-likeness (QED) is 0.668. The number of aromatic nitrogens is 2. The lowest BCUT2D eigenvalue weighted by atomic mass is 10.1. The molecule has 0 aliphatic carbocycles. The van der Waals surface area contributed by atoms with Gasteiger partial charge in [-0.1, -0.05) is 6.92 Å². The molecule has 4 nitrogen and oxygen atoms in total. The Hall–Kier alpha value is -1.45. The number of hydrogen-bond donors (Lipinski definition) is 0. The van der Waals surface area contributed by atoms with E-state index in [9.17, 15) is 4.79 Å². The maximum atomic E-state index is 11.4. The minimum Gasteiger partial charge on any atom is -0.465 e. The number of ether oxygens (including phenoxy) is 1. The minimum absolute atomic E-state index is 0.362. The smallest absolute Gasteiger partial charge is 0.341 e. The highest BCUT2D eigenvalue weighted by atomic mass is 16.5. The maximum absolute atomic E-state index is 11.4. The second-order valence-corrected chi connectivity index (χ2v) is 3.02. The van der Waals surface area contributed by atoms with E-state index in [1.165, 1.54) is 7.11 Å². The molecule has 0 spiro atoms. The number of esters is 1. The van der Waals surface area contributed by atoms with Crippen molar-refractivity contribution in [3.05, 3.63) is 22.8 Å². The maximum Gasteiger partial charge on any atom is 0.341 e. The summed E-state index contributed by atoms with van der Waals surface area (Å²) in [5, 5.41) is 0. The zero-order chi connectivity index (χ0) is 10.7. The Morgan fingerprint density at radius 2 is 2.00 bits per heavy atom. The summed E-state index contributed by atoms with van der Waals surface area (Å²) in [6, 6.07) is 0. The Morgan fingerprint density at radius 1 is 1.36 bits per heavy atom. The fourth-order valence-corrected chi connectivity index (χ4v) is 1.41. The second-order valence-electron chi connectivity index (χ2n) is 3.02. The molecule has 0 saturated carbocycles. The lowest BCUT2D eigenvalue weighted by Gasteiger charge is -2.08. The van der Waals surface area contributed by atoms with E-state index in [-0.39, 0.29) is 5.97 Å². The van der Waals surface area contributed by atoms with Crippen LogP contribution in [-0.4, -0.2) is 23.0 Å². The molecule has 14 heavy (non-hydrogen) atoms. The average Bonchev–Trinajstić information content (AvgIpc) is 2.15. The van der Waals surface area contributed by atoms with E-state index in [0.717, 1.165) is 5.69 Å². The van der Waals surface area contributed by atoms with Crippen LogP contribution in [0.15, 0.2) is 0 Å². The number of carbonyl (C=O) groups is 1. The molecule has 1 aromatic rings. The predicted octanol–water partition coefficient (Wildman–Crippen LogP) is 1.44. The van der Waals surface area contributed by atoms with E-state index in [1.807, 2.05) is 13.8 Å². The van der Waals surface area contributed by atoms with Crippen molar-refractivity contribution in [2.45, 2.75) is 27.2 Å². The molecule has 0 atom stereocenters. The summed E-state index contributed by atoms with van der Waals surface area (Å²) in [7, 11) is 1.36. The van der Waals surface area contributed by atoms with Gasteiger partial charge in [0.25, 0.3) is 0 Å². The molecule has 0 radical (unpaired) electrons. The first kappa shape index (κ1) is 10.6. The fraction of sp³-hybridized carbons (Fsp3) is 0.500. The van der Waals surface area contributed by atoms with Gasteiger partial charge in [-0.2, -0.15) is 0 Å². The van der Waals surface area contributed by atoms with Crippen molar-refractivity contribution in [2.24, 2.45) is 0 Å². The van der Waals surface area contributed by atoms with Crippen LogP contribution in [0.25, 0.3) is 0 Å². The third kappa shape index (κ3) is 1.89. The van der Waals surface area contributed by atoms with Gasteiger partial charge < -0.3 is 4.74 Å². The molecule has 0 aliphatic rings. The molecular weight excluding hydrogens is 180 g/mol. The summed E-state index contributed by atoms with van der Waals surface area (Å²) in [5.41, 5.74) is 1.93. The SMILES string of the molecule is CCc1nc(C)nc(C)c1C(=O)OC. The first-order chi connectivity index (χ1) is 6.60. The summed E-state index contributed by atoms with van der Waals surface area (Å²) >= 11 is 0. The molecular formula is C10H14N2O2. The monoisotopic (exact) mass is 194 g/mol. The van der Waals surface area contributed by atoms with Crippen molar-refractivity contribution >= 4 is 5.97 Å². The molecule has 1 rings (SSSR count). The molecule has 0 saturated heterocycles. The van der Waals surface area contributed by atoms with Crippen LogP contribution in [0.1, 0.15) is 34.5 Å². The highest BCUT2D eigenvalue weighted by molar-refractivity contribution is 5.91. The standard InChI is InChI=1S/C10H14N2O2/c1-5-8-9(10(13)14-4)6(2)11-7(3)12-8/h5H2,1-4H3. The Kier molecular flexibility index (Phi) is 3.17. The lowest BCUT2D eigenvalue weighted by Crippen LogP contribution is -2.12. The molecule has 0 aromatic carbocycles. The Balaban J connectivity index is 3.32. The number of rotatable bonds is 2. The lowest BCUT2D eigenvalue weighted by molar-refractivity contribution is 0.0597. The van der Waals surface area contributed by atoms with E-state index in [2.05, 4.69) is 14.7 Å². The van der Waals surface area contributed by atoms with Gasteiger partial charge in [-0.15, -0.1) is 0 Å². The van der Waals surface area contributed by atoms with Gasteiger partial charge in [-0.3, -0.25) is 0 Å². The first-order valence-corrected chi connectivity index (χ1v) is 4.52. The summed E-state index contributed by atoms with van der Waals surface area (Å²) < 4.78 is 4.68. The Bertz CT molecular complexity index is 361. The van der Waals surface area contributed by atoms with Crippen molar-refractivity contribution in [1.29, 1.82) is 0 Å². The van der Waals surface area contributed by atoms with Gasteiger partial charge in [0.2, 0.25) is 0 Å². The van der Waals surface area contributed by atoms with E-state index < -0.39 is 0 Å². The zero-order valence-corrected chi connectivity index (χ0v) is 8.92. The number of nitrogens with zero attached hydrogens (tertiary/aromatic N) is 2. The van der Waals surface area contributed by atoms with Gasteiger partial charge in [0, 0.05) is 0 Å². The van der Waals surface area contributed by atoms with Crippen molar-refractivity contribution in [3.8, 4) is 0 Å². The van der Waals surface area contributed by atoms with Gasteiger partial charge in [0.1, 0.15) is 11.4 Å². The normalized spacial score (nSPS) is 10.0. The van der Waals surface area contributed by atoms with Gasteiger partial charge >= 0.3 is 5.97 Å². The summed E-state index contributed by atoms with van der Waals surface area (Å²) in [6.45, 7) is 5.56.